The van der Waals surface area contributed by atoms with Gasteiger partial charge in [-0.2, -0.15) is 10.5 Å². The van der Waals surface area contributed by atoms with Gasteiger partial charge in [-0.25, -0.2) is 9.97 Å². The Bertz CT molecular complexity index is 2350. The molecular weight excluding hydrogens is 792 g/mol. The number of nitrogens with zero attached hydrogens (tertiary/aromatic N) is 5. The average Bonchev–Trinajstić information content (AvgIpc) is 3.16. The maximum Gasteiger partial charge on any atom is 0.309 e. The van der Waals surface area contributed by atoms with Crippen molar-refractivity contribution < 1.29 is 33.6 Å². The number of halogens is 4. The van der Waals surface area contributed by atoms with Crippen molar-refractivity contribution in [2.45, 2.75) is 25.8 Å². The van der Waals surface area contributed by atoms with Gasteiger partial charge in [-0.05, 0) is 53.9 Å². The van der Waals surface area contributed by atoms with Crippen LogP contribution in [-0.4, -0.2) is 52.6 Å². The molecule has 0 radical (unpaired) electrons. The highest BCUT2D eigenvalue weighted by Crippen LogP contribution is 2.38. The minimum absolute atomic E-state index is 0.0444. The number of carboxylic acids is 1. The Morgan fingerprint density at radius 1 is 0.745 bits per heavy atom. The highest BCUT2D eigenvalue weighted by molar-refractivity contribution is 6.34. The van der Waals surface area contributed by atoms with Gasteiger partial charge in [0.2, 0.25) is 17.7 Å². The molecule has 0 aliphatic carbocycles. The van der Waals surface area contributed by atoms with Crippen LogP contribution >= 0.6 is 46.4 Å². The van der Waals surface area contributed by atoms with E-state index < -0.39 is 5.97 Å². The number of fused-ring (bicyclic) bond motifs is 1. The molecule has 2 aromatic heterocycles. The van der Waals surface area contributed by atoms with Crippen LogP contribution in [0.25, 0.3) is 0 Å². The predicted octanol–water partition coefficient (Wildman–Crippen LogP) is 8.88. The molecule has 1 amide bonds. The van der Waals surface area contributed by atoms with Crippen molar-refractivity contribution in [3.63, 3.8) is 0 Å². The number of carbonyl (C=O) groups excluding carboxylic acids is 1. The van der Waals surface area contributed by atoms with Crippen molar-refractivity contribution in [3.05, 3.63) is 127 Å². The Balaban J connectivity index is 0.000000223. The molecule has 0 fully saturated rings. The fraction of sp³-hybridized carbons (Fsp3) is 0.179. The molecule has 5 aromatic rings. The molecule has 1 aliphatic heterocycles. The summed E-state index contributed by atoms with van der Waals surface area (Å²) in [6.45, 7) is 1.23. The Hall–Kier alpha value is -5.76. The normalized spacial score (nSPS) is 11.5. The highest BCUT2D eigenvalue weighted by atomic mass is 35.5. The molecule has 16 heteroatoms. The van der Waals surface area contributed by atoms with E-state index in [0.29, 0.717) is 45.7 Å². The summed E-state index contributed by atoms with van der Waals surface area (Å²) in [6.07, 6.45) is 0.581. The van der Waals surface area contributed by atoms with Crippen LogP contribution in [0.1, 0.15) is 33.6 Å². The molecule has 3 aromatic carbocycles. The topological polar surface area (TPSA) is 168 Å². The number of methoxy groups -OCH3 is 2. The Morgan fingerprint density at radius 3 is 1.71 bits per heavy atom. The zero-order valence-electron chi connectivity index (χ0n) is 29.1. The van der Waals surface area contributed by atoms with Gasteiger partial charge >= 0.3 is 5.97 Å². The number of nitriles is 2. The molecule has 0 spiro atoms. The SMILES string of the molecule is COc1nc(CC(=O)N2CCc3ccccc3C2)cc(Oc2cc(Cl)cc(C#N)c2)c1Cl.COc1nc(CC(=O)O)cc(Oc2cc(Cl)cc(C#N)c2)c1Cl. The third kappa shape index (κ3) is 10.7. The first-order valence-corrected chi connectivity index (χ1v) is 17.7. The standard InChI is InChI=1S/C24H19Cl2N3O3.C15H10Cl2N2O4/c1-31-24-23(26)21(32-20-9-15(13-27)8-18(25)10-20)11-19(28-24)12-22(30)29-7-6-16-4-2-3-5-17(16)14-29;1-22-15-14(17)12(5-10(19-15)6-13(20)21)23-11-3-8(7-18)2-9(16)4-11/h2-5,8-11H,6-7,12,14H2,1H3;2-5H,6H2,1H3,(H,20,21). The van der Waals surface area contributed by atoms with Gasteiger partial charge < -0.3 is 29.0 Å². The van der Waals surface area contributed by atoms with Gasteiger partial charge in [0, 0.05) is 35.3 Å². The fourth-order valence-electron chi connectivity index (χ4n) is 5.42. The third-order valence-electron chi connectivity index (χ3n) is 7.89. The summed E-state index contributed by atoms with van der Waals surface area (Å²) in [6, 6.07) is 24.2. The number of carbonyl (C=O) groups is 2. The lowest BCUT2D eigenvalue weighted by molar-refractivity contribution is -0.136. The number of pyridine rings is 2. The molecule has 55 heavy (non-hydrogen) atoms. The summed E-state index contributed by atoms with van der Waals surface area (Å²) in [5, 5.41) is 27.9. The van der Waals surface area contributed by atoms with Crippen molar-refractivity contribution >= 4 is 58.3 Å². The average molecular weight is 822 g/mol. The summed E-state index contributed by atoms with van der Waals surface area (Å²) in [5.41, 5.74) is 3.79. The molecule has 0 unspecified atom stereocenters. The zero-order chi connectivity index (χ0) is 39.6. The van der Waals surface area contributed by atoms with Crippen molar-refractivity contribution in [2.75, 3.05) is 20.8 Å². The van der Waals surface area contributed by atoms with Crippen molar-refractivity contribution in [1.82, 2.24) is 14.9 Å². The van der Waals surface area contributed by atoms with Gasteiger partial charge in [0.25, 0.3) is 0 Å². The summed E-state index contributed by atoms with van der Waals surface area (Å²) in [5.74, 6) is 0.137. The Labute approximate surface area is 335 Å². The molecule has 1 aliphatic rings. The molecule has 12 nitrogen and oxygen atoms in total. The predicted molar refractivity (Wildman–Crippen MR) is 205 cm³/mol. The first-order chi connectivity index (χ1) is 26.4. The van der Waals surface area contributed by atoms with E-state index in [1.54, 1.807) is 18.2 Å². The van der Waals surface area contributed by atoms with E-state index in [9.17, 15) is 9.59 Å². The number of aromatic nitrogens is 2. The number of benzene rings is 3. The van der Waals surface area contributed by atoms with Gasteiger partial charge in [-0.1, -0.05) is 70.7 Å². The largest absolute Gasteiger partial charge is 0.481 e. The maximum absolute atomic E-state index is 13.0. The molecule has 0 atom stereocenters. The molecular formula is C39H29Cl4N5O7. The number of rotatable bonds is 10. The number of aliphatic carboxylic acids is 1. The smallest absolute Gasteiger partial charge is 0.309 e. The minimum atomic E-state index is -1.05. The van der Waals surface area contributed by atoms with E-state index in [4.69, 9.17) is 81.0 Å². The monoisotopic (exact) mass is 819 g/mol. The van der Waals surface area contributed by atoms with E-state index in [2.05, 4.69) is 16.0 Å². The van der Waals surface area contributed by atoms with Gasteiger partial charge in [0.05, 0.1) is 61.7 Å². The van der Waals surface area contributed by atoms with Gasteiger partial charge in [-0.15, -0.1) is 0 Å². The summed E-state index contributed by atoms with van der Waals surface area (Å²) < 4.78 is 21.8. The molecule has 6 rings (SSSR count). The summed E-state index contributed by atoms with van der Waals surface area (Å²) >= 11 is 24.5. The van der Waals surface area contributed by atoms with E-state index in [1.807, 2.05) is 35.2 Å². The number of hydrogen-bond donors (Lipinski definition) is 1. The zero-order valence-corrected chi connectivity index (χ0v) is 32.1. The first kappa shape index (κ1) is 40.4. The second kappa shape index (κ2) is 18.5. The molecule has 0 saturated heterocycles. The van der Waals surface area contributed by atoms with E-state index in [0.717, 1.165) is 12.0 Å². The second-order valence-corrected chi connectivity index (χ2v) is 13.4. The van der Waals surface area contributed by atoms with Gasteiger partial charge in [0.1, 0.15) is 21.5 Å². The lowest BCUT2D eigenvalue weighted by atomic mass is 9.99. The number of amides is 1. The van der Waals surface area contributed by atoms with Crippen molar-refractivity contribution in [1.29, 1.82) is 10.5 Å². The third-order valence-corrected chi connectivity index (χ3v) is 9.02. The molecule has 280 valence electrons. The number of ether oxygens (including phenoxy) is 4. The molecule has 1 N–H and O–H groups in total. The van der Waals surface area contributed by atoms with Crippen molar-refractivity contribution in [2.24, 2.45) is 0 Å². The summed E-state index contributed by atoms with van der Waals surface area (Å²) in [7, 11) is 2.80. The second-order valence-electron chi connectivity index (χ2n) is 11.7. The van der Waals surface area contributed by atoms with Crippen LogP contribution < -0.4 is 18.9 Å². The lowest BCUT2D eigenvalue weighted by Crippen LogP contribution is -2.37. The first-order valence-electron chi connectivity index (χ1n) is 16.2. The van der Waals surface area contributed by atoms with E-state index >= 15 is 0 Å². The van der Waals surface area contributed by atoms with Crippen LogP contribution in [0.5, 0.6) is 34.8 Å². The quantitative estimate of drug-likeness (QED) is 0.143. The molecule has 3 heterocycles. The maximum atomic E-state index is 13.0. The van der Waals surface area contributed by atoms with Crippen LogP contribution in [0.2, 0.25) is 20.1 Å². The van der Waals surface area contributed by atoms with Gasteiger partial charge in [0.15, 0.2) is 11.5 Å². The van der Waals surface area contributed by atoms with E-state index in [1.165, 1.54) is 50.1 Å². The minimum Gasteiger partial charge on any atom is -0.481 e. The Kier molecular flexibility index (Phi) is 13.6. The van der Waals surface area contributed by atoms with Crippen LogP contribution in [-0.2, 0) is 35.4 Å². The van der Waals surface area contributed by atoms with Crippen LogP contribution in [0, 0.1) is 22.7 Å². The fourth-order valence-corrected chi connectivity index (χ4v) is 6.30. The Morgan fingerprint density at radius 2 is 1.24 bits per heavy atom. The van der Waals surface area contributed by atoms with Crippen molar-refractivity contribution in [3.8, 4) is 46.9 Å². The van der Waals surface area contributed by atoms with E-state index in [-0.39, 0.29) is 63.5 Å². The number of carboxylic acid groups (broad SMARTS) is 1. The lowest BCUT2D eigenvalue weighted by Gasteiger charge is -2.29. The molecule has 0 bridgehead atoms. The van der Waals surface area contributed by atoms with Crippen LogP contribution in [0.4, 0.5) is 0 Å². The van der Waals surface area contributed by atoms with Gasteiger partial charge in [-0.3, -0.25) is 9.59 Å². The number of hydrogen-bond acceptors (Lipinski definition) is 10. The van der Waals surface area contributed by atoms with Crippen LogP contribution in [0.3, 0.4) is 0 Å². The van der Waals surface area contributed by atoms with Crippen LogP contribution in [0.15, 0.2) is 72.8 Å². The summed E-state index contributed by atoms with van der Waals surface area (Å²) in [4.78, 5) is 34.0. The molecule has 0 saturated carbocycles. The highest BCUT2D eigenvalue weighted by Gasteiger charge is 2.23.